The van der Waals surface area contributed by atoms with Crippen molar-refractivity contribution in [1.82, 2.24) is 14.3 Å². The number of halogens is 1. The van der Waals surface area contributed by atoms with Gasteiger partial charge in [0.25, 0.3) is 5.91 Å². The molecule has 3 heterocycles. The summed E-state index contributed by atoms with van der Waals surface area (Å²) in [7, 11) is 0. The van der Waals surface area contributed by atoms with Crippen LogP contribution >= 0.6 is 0 Å². The lowest BCUT2D eigenvalue weighted by Gasteiger charge is -2.19. The predicted molar refractivity (Wildman–Crippen MR) is 145 cm³/mol. The Morgan fingerprint density at radius 1 is 1.00 bits per heavy atom. The molecule has 0 radical (unpaired) electrons. The van der Waals surface area contributed by atoms with Gasteiger partial charge in [-0.1, -0.05) is 48.5 Å². The van der Waals surface area contributed by atoms with E-state index in [4.69, 9.17) is 5.11 Å². The molecule has 0 bridgehead atoms. The lowest BCUT2D eigenvalue weighted by molar-refractivity contribution is -0.117. The molecule has 1 aliphatic heterocycles. The highest BCUT2D eigenvalue weighted by Gasteiger charge is 2.35. The third-order valence-corrected chi connectivity index (χ3v) is 6.48. The van der Waals surface area contributed by atoms with E-state index >= 15 is 0 Å². The average Bonchev–Trinajstić information content (AvgIpc) is 3.57. The van der Waals surface area contributed by atoms with Crippen LogP contribution in [0, 0.1) is 5.82 Å². The number of nitrogens with one attached hydrogen (secondary N) is 1. The van der Waals surface area contributed by atoms with Gasteiger partial charge in [-0.25, -0.2) is 9.07 Å². The van der Waals surface area contributed by atoms with Crippen LogP contribution in [0.2, 0.25) is 0 Å². The monoisotopic (exact) mass is 496 g/mol. The summed E-state index contributed by atoms with van der Waals surface area (Å²) in [6.07, 6.45) is 1.74. The first kappa shape index (κ1) is 24.5. The molecule has 6 rings (SSSR count). The molecule has 3 aromatic carbocycles. The predicted octanol–water partition coefficient (Wildman–Crippen LogP) is 6.43. The molecule has 1 amide bonds. The molecule has 2 N–H and O–H groups in total. The molecule has 1 atom stereocenters. The van der Waals surface area contributed by atoms with Crippen LogP contribution in [0.15, 0.2) is 85.1 Å². The van der Waals surface area contributed by atoms with Gasteiger partial charge < -0.3 is 15.0 Å². The van der Waals surface area contributed by atoms with E-state index in [2.05, 4.69) is 41.0 Å². The number of rotatable bonds is 4. The lowest BCUT2D eigenvalue weighted by atomic mass is 10.00. The smallest absolute Gasteiger partial charge is 0.253 e. The number of fused-ring (bicyclic) bond motifs is 2. The average molecular weight is 497 g/mol. The van der Waals surface area contributed by atoms with E-state index in [0.29, 0.717) is 0 Å². The zero-order chi connectivity index (χ0) is 26.1. The second-order valence-corrected chi connectivity index (χ2v) is 9.17. The number of hydrogen-bond donors (Lipinski definition) is 2. The second kappa shape index (κ2) is 10.0. The number of amides is 1. The normalized spacial score (nSPS) is 14.4. The number of hydrogen-bond acceptors (Lipinski definition) is 3. The van der Waals surface area contributed by atoms with Crippen LogP contribution in [-0.4, -0.2) is 32.0 Å². The fourth-order valence-corrected chi connectivity index (χ4v) is 5.10. The SMILES string of the molecule is CC(C)n1c(-c2ccnn2[C@@H]2C(=O)Nc3ccccc32)c(-c2ccc(F)cc2)c2ccccc21.CCO. The summed E-state index contributed by atoms with van der Waals surface area (Å²) in [5, 5.41) is 16.2. The van der Waals surface area contributed by atoms with Gasteiger partial charge in [0.05, 0.1) is 11.4 Å². The van der Waals surface area contributed by atoms with Crippen molar-refractivity contribution in [2.24, 2.45) is 0 Å². The molecule has 0 aliphatic carbocycles. The molecule has 7 heteroatoms. The molecule has 37 heavy (non-hydrogen) atoms. The van der Waals surface area contributed by atoms with Crippen LogP contribution in [-0.2, 0) is 4.79 Å². The topological polar surface area (TPSA) is 72.1 Å². The van der Waals surface area contributed by atoms with Gasteiger partial charge in [0.2, 0.25) is 0 Å². The number of aliphatic hydroxyl groups is 1. The van der Waals surface area contributed by atoms with Crippen molar-refractivity contribution in [1.29, 1.82) is 0 Å². The number of nitrogens with zero attached hydrogens (tertiary/aromatic N) is 3. The zero-order valence-corrected chi connectivity index (χ0v) is 21.0. The largest absolute Gasteiger partial charge is 0.397 e. The van der Waals surface area contributed by atoms with Crippen molar-refractivity contribution in [2.45, 2.75) is 32.9 Å². The fraction of sp³-hybridized carbons (Fsp3) is 0.200. The van der Waals surface area contributed by atoms with Gasteiger partial charge in [0.15, 0.2) is 6.04 Å². The molecule has 188 valence electrons. The highest BCUT2D eigenvalue weighted by atomic mass is 19.1. The van der Waals surface area contributed by atoms with Crippen LogP contribution in [0.5, 0.6) is 0 Å². The Labute approximate surface area is 215 Å². The van der Waals surface area contributed by atoms with Crippen LogP contribution < -0.4 is 5.32 Å². The Balaban J connectivity index is 0.000000892. The lowest BCUT2D eigenvalue weighted by Crippen LogP contribution is -2.22. The van der Waals surface area contributed by atoms with Gasteiger partial charge in [0, 0.05) is 46.6 Å². The molecule has 0 saturated heterocycles. The highest BCUT2D eigenvalue weighted by molar-refractivity contribution is 6.06. The quantitative estimate of drug-likeness (QED) is 0.301. The van der Waals surface area contributed by atoms with Crippen LogP contribution in [0.25, 0.3) is 33.4 Å². The van der Waals surface area contributed by atoms with Crippen molar-refractivity contribution in [2.75, 3.05) is 11.9 Å². The third-order valence-electron chi connectivity index (χ3n) is 6.48. The molecule has 0 fully saturated rings. The van der Waals surface area contributed by atoms with Crippen molar-refractivity contribution in [3.05, 3.63) is 96.4 Å². The number of carbonyl (C=O) groups excluding carboxylic acids is 1. The van der Waals surface area contributed by atoms with Crippen molar-refractivity contribution in [3.8, 4) is 22.5 Å². The summed E-state index contributed by atoms with van der Waals surface area (Å²) in [5.74, 6) is -0.385. The molecule has 0 unspecified atom stereocenters. The standard InChI is InChI=1S/C28H23FN4O.C2H6O/c1-17(2)32-23-10-6-4-8-21(23)25(18-11-13-19(29)14-12-18)27(32)24-15-16-30-33(24)26-20-7-3-5-9-22(20)31-28(26)34;1-2-3/h3-17,26H,1-2H3,(H,31,34);3H,2H2,1H3/t26-;/m0./s1. The Morgan fingerprint density at radius 2 is 1.68 bits per heavy atom. The van der Waals surface area contributed by atoms with Crippen LogP contribution in [0.4, 0.5) is 10.1 Å². The Bertz CT molecular complexity index is 1570. The van der Waals surface area contributed by atoms with E-state index in [1.54, 1.807) is 17.8 Å². The number of anilines is 1. The minimum Gasteiger partial charge on any atom is -0.397 e. The summed E-state index contributed by atoms with van der Waals surface area (Å²) in [4.78, 5) is 13.1. The Hall–Kier alpha value is -4.23. The zero-order valence-electron chi connectivity index (χ0n) is 21.0. The van der Waals surface area contributed by atoms with Crippen molar-refractivity contribution < 1.29 is 14.3 Å². The van der Waals surface area contributed by atoms with Gasteiger partial charge in [-0.3, -0.25) is 4.79 Å². The van der Waals surface area contributed by atoms with Gasteiger partial charge >= 0.3 is 0 Å². The van der Waals surface area contributed by atoms with Crippen LogP contribution in [0.1, 0.15) is 38.4 Å². The summed E-state index contributed by atoms with van der Waals surface area (Å²) in [5.41, 5.74) is 6.48. The van der Waals surface area contributed by atoms with Gasteiger partial charge in [-0.05, 0) is 56.7 Å². The Morgan fingerprint density at radius 3 is 2.41 bits per heavy atom. The van der Waals surface area contributed by atoms with Crippen molar-refractivity contribution >= 4 is 22.5 Å². The minimum absolute atomic E-state index is 0.110. The molecule has 5 aromatic rings. The molecule has 1 aliphatic rings. The molecular weight excluding hydrogens is 467 g/mol. The second-order valence-electron chi connectivity index (χ2n) is 9.17. The molecule has 6 nitrogen and oxygen atoms in total. The van der Waals surface area contributed by atoms with E-state index in [9.17, 15) is 9.18 Å². The van der Waals surface area contributed by atoms with E-state index in [0.717, 1.165) is 44.7 Å². The van der Waals surface area contributed by atoms with Gasteiger partial charge in [0.1, 0.15) is 5.82 Å². The first-order valence-electron chi connectivity index (χ1n) is 12.4. The van der Waals surface area contributed by atoms with Gasteiger partial charge in [-0.2, -0.15) is 5.10 Å². The maximum Gasteiger partial charge on any atom is 0.253 e. The van der Waals surface area contributed by atoms with Crippen molar-refractivity contribution in [3.63, 3.8) is 0 Å². The molecule has 0 spiro atoms. The number of para-hydroxylation sites is 2. The highest BCUT2D eigenvalue weighted by Crippen LogP contribution is 2.44. The summed E-state index contributed by atoms with van der Waals surface area (Å²) in [6, 6.07) is 24.1. The minimum atomic E-state index is -0.569. The number of carbonyl (C=O) groups is 1. The first-order chi connectivity index (χ1) is 18.0. The summed E-state index contributed by atoms with van der Waals surface area (Å²) < 4.78 is 17.9. The number of benzene rings is 3. The van der Waals surface area contributed by atoms with E-state index in [1.165, 1.54) is 12.1 Å². The number of aromatic nitrogens is 3. The molecule has 2 aromatic heterocycles. The third kappa shape index (κ3) is 4.21. The summed E-state index contributed by atoms with van der Waals surface area (Å²) in [6.45, 7) is 6.21. The summed E-state index contributed by atoms with van der Waals surface area (Å²) >= 11 is 0. The van der Waals surface area contributed by atoms with E-state index < -0.39 is 6.04 Å². The van der Waals surface area contributed by atoms with E-state index in [-0.39, 0.29) is 24.4 Å². The van der Waals surface area contributed by atoms with Crippen LogP contribution in [0.3, 0.4) is 0 Å². The molecule has 0 saturated carbocycles. The molecular formula is C30H29FN4O2. The number of aliphatic hydroxyl groups excluding tert-OH is 1. The van der Waals surface area contributed by atoms with Gasteiger partial charge in [-0.15, -0.1) is 0 Å². The fourth-order valence-electron chi connectivity index (χ4n) is 5.10. The Kier molecular flexibility index (Phi) is 6.63. The maximum absolute atomic E-state index is 13.8. The maximum atomic E-state index is 13.8. The first-order valence-corrected chi connectivity index (χ1v) is 12.4. The van der Waals surface area contributed by atoms with E-state index in [1.807, 2.05) is 54.6 Å².